The van der Waals surface area contributed by atoms with Crippen LogP contribution in [0.25, 0.3) is 10.8 Å². The molecule has 0 spiro atoms. The minimum atomic E-state index is -4.35. The van der Waals surface area contributed by atoms with Crippen LogP contribution in [0.5, 0.6) is 11.5 Å². The van der Waals surface area contributed by atoms with Gasteiger partial charge >= 0.3 is 5.97 Å². The Balaban J connectivity index is 1.84. The summed E-state index contributed by atoms with van der Waals surface area (Å²) in [5.41, 5.74) is 0.553. The summed E-state index contributed by atoms with van der Waals surface area (Å²) in [4.78, 5) is 12.1. The monoisotopic (exact) mass is 569 g/mol. The number of sulfone groups is 1. The van der Waals surface area contributed by atoms with Crippen LogP contribution < -0.4 is 13.8 Å². The maximum absolute atomic E-state index is 13.8. The highest BCUT2D eigenvalue weighted by molar-refractivity contribution is 7.93. The number of ether oxygens (including phenoxy) is 2. The van der Waals surface area contributed by atoms with Crippen molar-refractivity contribution in [1.29, 1.82) is 0 Å². The predicted molar refractivity (Wildman–Crippen MR) is 148 cm³/mol. The van der Waals surface area contributed by atoms with Gasteiger partial charge < -0.3 is 14.6 Å². The van der Waals surface area contributed by atoms with Crippen LogP contribution in [-0.4, -0.2) is 48.2 Å². The van der Waals surface area contributed by atoms with Gasteiger partial charge in [0.05, 0.1) is 35.5 Å². The van der Waals surface area contributed by atoms with E-state index in [2.05, 4.69) is 0 Å². The second kappa shape index (κ2) is 11.0. The van der Waals surface area contributed by atoms with E-state index >= 15 is 0 Å². The number of hydrogen-bond acceptors (Lipinski definition) is 7. The van der Waals surface area contributed by atoms with Crippen molar-refractivity contribution in [2.45, 2.75) is 28.5 Å². The van der Waals surface area contributed by atoms with Crippen molar-refractivity contribution < 1.29 is 36.2 Å². The number of hydrogen-bond donors (Lipinski definition) is 1. The molecular weight excluding hydrogens is 542 g/mol. The quantitative estimate of drug-likeness (QED) is 0.296. The molecule has 0 amide bonds. The minimum Gasteiger partial charge on any atom is -0.497 e. The van der Waals surface area contributed by atoms with Crippen LogP contribution >= 0.6 is 0 Å². The highest BCUT2D eigenvalue weighted by Crippen LogP contribution is 2.36. The van der Waals surface area contributed by atoms with E-state index in [1.54, 1.807) is 36.4 Å². The van der Waals surface area contributed by atoms with Gasteiger partial charge in [-0.2, -0.15) is 0 Å². The summed E-state index contributed by atoms with van der Waals surface area (Å²) in [7, 11) is -5.17. The lowest BCUT2D eigenvalue weighted by Crippen LogP contribution is -2.43. The van der Waals surface area contributed by atoms with E-state index < -0.39 is 31.9 Å². The molecule has 4 aromatic carbocycles. The van der Waals surface area contributed by atoms with E-state index in [0.717, 1.165) is 4.31 Å². The number of anilines is 1. The van der Waals surface area contributed by atoms with Gasteiger partial charge in [0.25, 0.3) is 10.0 Å². The Bertz CT molecular complexity index is 1720. The molecule has 0 aliphatic rings. The molecule has 1 atom stereocenters. The van der Waals surface area contributed by atoms with E-state index in [0.29, 0.717) is 27.8 Å². The average Bonchev–Trinajstić information content (AvgIpc) is 2.94. The molecule has 4 rings (SSSR count). The number of nitrogens with zero attached hydrogens (tertiary/aromatic N) is 1. The van der Waals surface area contributed by atoms with E-state index in [1.165, 1.54) is 69.7 Å². The molecule has 0 bridgehead atoms. The number of rotatable bonds is 10. The normalized spacial score (nSPS) is 12.6. The van der Waals surface area contributed by atoms with Crippen LogP contribution in [0.3, 0.4) is 0 Å². The zero-order chi connectivity index (χ0) is 28.4. The summed E-state index contributed by atoms with van der Waals surface area (Å²) in [5, 5.41) is 10.7. The molecule has 9 nitrogen and oxygen atoms in total. The largest absolute Gasteiger partial charge is 0.497 e. The number of carbonyl (C=O) groups is 1. The third-order valence-electron chi connectivity index (χ3n) is 6.32. The maximum Gasteiger partial charge on any atom is 0.327 e. The number of fused-ring (bicyclic) bond motifs is 1. The van der Waals surface area contributed by atoms with E-state index in [4.69, 9.17) is 9.47 Å². The van der Waals surface area contributed by atoms with Crippen molar-refractivity contribution in [3.05, 3.63) is 90.5 Å². The Morgan fingerprint density at radius 3 is 1.79 bits per heavy atom. The number of carboxylic acids is 1. The van der Waals surface area contributed by atoms with Crippen molar-refractivity contribution in [1.82, 2.24) is 0 Å². The van der Waals surface area contributed by atoms with Crippen LogP contribution in [0.15, 0.2) is 94.7 Å². The Morgan fingerprint density at radius 2 is 1.28 bits per heavy atom. The van der Waals surface area contributed by atoms with Gasteiger partial charge in [0, 0.05) is 5.39 Å². The molecule has 0 aromatic heterocycles. The summed E-state index contributed by atoms with van der Waals surface area (Å²) in [6, 6.07) is 19.9. The number of benzene rings is 4. The van der Waals surface area contributed by atoms with Gasteiger partial charge in [-0.05, 0) is 72.5 Å². The molecule has 0 heterocycles. The average molecular weight is 570 g/mol. The van der Waals surface area contributed by atoms with Gasteiger partial charge in [0.15, 0.2) is 9.84 Å². The molecule has 204 valence electrons. The number of methoxy groups -OCH3 is 2. The smallest absolute Gasteiger partial charge is 0.327 e. The van der Waals surface area contributed by atoms with Crippen molar-refractivity contribution in [2.75, 3.05) is 18.5 Å². The summed E-state index contributed by atoms with van der Waals surface area (Å²) < 4.78 is 65.1. The van der Waals surface area contributed by atoms with Crippen LogP contribution in [0.2, 0.25) is 0 Å². The number of carboxylic acid groups (broad SMARTS) is 1. The molecular formula is C28H27NO8S2. The van der Waals surface area contributed by atoms with Crippen molar-refractivity contribution in [3.8, 4) is 11.5 Å². The molecule has 39 heavy (non-hydrogen) atoms. The second-order valence-corrected chi connectivity index (χ2v) is 12.5. The van der Waals surface area contributed by atoms with Crippen LogP contribution in [0.4, 0.5) is 5.69 Å². The summed E-state index contributed by atoms with van der Waals surface area (Å²) >= 11 is 0. The summed E-state index contributed by atoms with van der Waals surface area (Å²) in [6.07, 6.45) is 0. The van der Waals surface area contributed by atoms with E-state index in [1.807, 2.05) is 0 Å². The van der Waals surface area contributed by atoms with Crippen molar-refractivity contribution >= 4 is 42.3 Å². The molecule has 11 heteroatoms. The Morgan fingerprint density at radius 1 is 0.769 bits per heavy atom. The number of sulfonamides is 1. The maximum atomic E-state index is 13.8. The molecule has 0 aliphatic carbocycles. The first-order valence-electron chi connectivity index (χ1n) is 11.8. The molecule has 0 radical (unpaired) electrons. The standard InChI is InChI=1S/C28H27NO8S2/c1-19(28(30)31)29(39(34,35)24-15-11-22(37-3)12-16-24)27-17-8-20(25-6-4-5-7-26(25)27)18-38(32,33)23-13-9-21(36-2)10-14-23/h4-17,19H,18H2,1-3H3,(H,30,31). The Labute approximate surface area is 227 Å². The third kappa shape index (κ3) is 5.55. The predicted octanol–water partition coefficient (Wildman–Crippen LogP) is 4.50. The molecule has 1 N–H and O–H groups in total. The zero-order valence-corrected chi connectivity index (χ0v) is 23.1. The van der Waals surface area contributed by atoms with Gasteiger partial charge in [0.2, 0.25) is 0 Å². The van der Waals surface area contributed by atoms with Crippen LogP contribution in [0.1, 0.15) is 12.5 Å². The van der Waals surface area contributed by atoms with E-state index in [9.17, 15) is 26.7 Å². The van der Waals surface area contributed by atoms with Gasteiger partial charge in [-0.25, -0.2) is 21.6 Å². The number of aliphatic carboxylic acids is 1. The topological polar surface area (TPSA) is 127 Å². The second-order valence-electron chi connectivity index (χ2n) is 8.71. The summed E-state index contributed by atoms with van der Waals surface area (Å²) in [6.45, 7) is 1.28. The fourth-order valence-corrected chi connectivity index (χ4v) is 7.25. The first-order valence-corrected chi connectivity index (χ1v) is 14.9. The third-order valence-corrected chi connectivity index (χ3v) is 9.90. The fraction of sp³-hybridized carbons (Fsp3) is 0.179. The van der Waals surface area contributed by atoms with Gasteiger partial charge in [-0.15, -0.1) is 0 Å². The SMILES string of the molecule is COc1ccc(S(=O)(=O)Cc2ccc(N(C(C)C(=O)O)S(=O)(=O)c3ccc(OC)cc3)c3ccccc23)cc1. The Hall–Kier alpha value is -4.09. The first-order chi connectivity index (χ1) is 18.5. The Kier molecular flexibility index (Phi) is 7.84. The zero-order valence-electron chi connectivity index (χ0n) is 21.4. The fourth-order valence-electron chi connectivity index (χ4n) is 4.24. The highest BCUT2D eigenvalue weighted by atomic mass is 32.2. The lowest BCUT2D eigenvalue weighted by molar-refractivity contribution is -0.137. The van der Waals surface area contributed by atoms with Crippen molar-refractivity contribution in [3.63, 3.8) is 0 Å². The lowest BCUT2D eigenvalue weighted by atomic mass is 10.0. The van der Waals surface area contributed by atoms with Gasteiger partial charge in [-0.3, -0.25) is 4.31 Å². The van der Waals surface area contributed by atoms with Crippen LogP contribution in [0, 0.1) is 0 Å². The van der Waals surface area contributed by atoms with Gasteiger partial charge in [-0.1, -0.05) is 30.3 Å². The molecule has 4 aromatic rings. The first kappa shape index (κ1) is 27.9. The van der Waals surface area contributed by atoms with Crippen LogP contribution in [-0.2, 0) is 30.4 Å². The minimum absolute atomic E-state index is 0.111. The molecule has 1 unspecified atom stereocenters. The summed E-state index contributed by atoms with van der Waals surface area (Å²) in [5.74, 6) is -0.726. The highest BCUT2D eigenvalue weighted by Gasteiger charge is 2.35. The van der Waals surface area contributed by atoms with E-state index in [-0.39, 0.29) is 21.2 Å². The molecule has 0 saturated carbocycles. The van der Waals surface area contributed by atoms with Crippen molar-refractivity contribution in [2.24, 2.45) is 0 Å². The van der Waals surface area contributed by atoms with Gasteiger partial charge in [0.1, 0.15) is 17.5 Å². The molecule has 0 aliphatic heterocycles. The molecule has 0 fully saturated rings. The lowest BCUT2D eigenvalue weighted by Gasteiger charge is -2.29. The molecule has 0 saturated heterocycles.